The maximum atomic E-state index is 11.9. The van der Waals surface area contributed by atoms with E-state index in [9.17, 15) is 19.8 Å². The van der Waals surface area contributed by atoms with E-state index >= 15 is 0 Å². The van der Waals surface area contributed by atoms with E-state index in [4.69, 9.17) is 0 Å². The molecule has 0 saturated heterocycles. The number of fused-ring (bicyclic) bond motifs is 1. The highest BCUT2D eigenvalue weighted by molar-refractivity contribution is 5.85. The molecule has 0 spiro atoms. The number of para-hydroxylation sites is 1. The zero-order valence-electron chi connectivity index (χ0n) is 17.3. The molecule has 1 heterocycles. The quantitative estimate of drug-likeness (QED) is 0.475. The number of aliphatic carboxylic acids is 2. The SMILES string of the molecule is CC(C)C[C@@H](N[C@@H](Cc1cn(Cc2ccccc2)c2ccccc12)C(=O)O)C(=O)O. The Kier molecular flexibility index (Phi) is 6.90. The molecule has 0 aliphatic carbocycles. The third kappa shape index (κ3) is 5.27. The van der Waals surface area contributed by atoms with Gasteiger partial charge in [0.2, 0.25) is 0 Å². The first kappa shape index (κ1) is 21.6. The lowest BCUT2D eigenvalue weighted by atomic mass is 10.0. The number of rotatable bonds is 10. The predicted octanol–water partition coefficient (Wildman–Crippen LogP) is 3.77. The van der Waals surface area contributed by atoms with Gasteiger partial charge in [-0.2, -0.15) is 0 Å². The second kappa shape index (κ2) is 9.59. The van der Waals surface area contributed by atoms with Crippen molar-refractivity contribution in [1.82, 2.24) is 9.88 Å². The maximum Gasteiger partial charge on any atom is 0.321 e. The van der Waals surface area contributed by atoms with Crippen molar-refractivity contribution in [2.24, 2.45) is 5.92 Å². The Bertz CT molecular complexity index is 1010. The molecule has 3 N–H and O–H groups in total. The summed E-state index contributed by atoms with van der Waals surface area (Å²) < 4.78 is 2.11. The zero-order valence-corrected chi connectivity index (χ0v) is 17.3. The van der Waals surface area contributed by atoms with Crippen LogP contribution in [0.15, 0.2) is 60.8 Å². The summed E-state index contributed by atoms with van der Waals surface area (Å²) in [7, 11) is 0. The number of carboxylic acids is 2. The van der Waals surface area contributed by atoms with Gasteiger partial charge in [0, 0.05) is 30.1 Å². The number of nitrogens with one attached hydrogen (secondary N) is 1. The molecule has 1 aromatic heterocycles. The highest BCUT2D eigenvalue weighted by Crippen LogP contribution is 2.24. The van der Waals surface area contributed by atoms with Crippen LogP contribution >= 0.6 is 0 Å². The minimum atomic E-state index is -1.05. The van der Waals surface area contributed by atoms with Gasteiger partial charge in [-0.05, 0) is 29.5 Å². The fourth-order valence-corrected chi connectivity index (χ4v) is 3.79. The van der Waals surface area contributed by atoms with Crippen LogP contribution in [0.2, 0.25) is 0 Å². The van der Waals surface area contributed by atoms with Crippen molar-refractivity contribution in [2.75, 3.05) is 0 Å². The van der Waals surface area contributed by atoms with E-state index in [1.165, 1.54) is 0 Å². The topological polar surface area (TPSA) is 91.6 Å². The van der Waals surface area contributed by atoms with Gasteiger partial charge in [0.1, 0.15) is 12.1 Å². The van der Waals surface area contributed by atoms with Crippen molar-refractivity contribution in [1.29, 1.82) is 0 Å². The molecule has 0 saturated carbocycles. The fraction of sp³-hybridized carbons (Fsp3) is 0.333. The third-order valence-corrected chi connectivity index (χ3v) is 5.20. The van der Waals surface area contributed by atoms with Crippen LogP contribution in [0, 0.1) is 5.92 Å². The molecule has 0 aliphatic rings. The first-order valence-corrected chi connectivity index (χ1v) is 10.2. The minimum absolute atomic E-state index is 0.140. The van der Waals surface area contributed by atoms with Gasteiger partial charge in [-0.1, -0.05) is 62.4 Å². The highest BCUT2D eigenvalue weighted by Gasteiger charge is 2.27. The molecule has 0 radical (unpaired) electrons. The molecule has 6 heteroatoms. The van der Waals surface area contributed by atoms with E-state index in [2.05, 4.69) is 22.0 Å². The summed E-state index contributed by atoms with van der Waals surface area (Å²) in [4.78, 5) is 23.5. The Morgan fingerprint density at radius 2 is 1.57 bits per heavy atom. The number of aromatic nitrogens is 1. The normalized spacial score (nSPS) is 13.4. The molecule has 0 amide bonds. The van der Waals surface area contributed by atoms with Crippen molar-refractivity contribution in [2.45, 2.75) is 45.3 Å². The largest absolute Gasteiger partial charge is 0.480 e. The van der Waals surface area contributed by atoms with E-state index in [1.54, 1.807) is 0 Å². The molecular weight excluding hydrogens is 380 g/mol. The summed E-state index contributed by atoms with van der Waals surface area (Å²) in [6.45, 7) is 4.52. The molecule has 30 heavy (non-hydrogen) atoms. The molecule has 3 rings (SSSR count). The first-order valence-electron chi connectivity index (χ1n) is 10.2. The summed E-state index contributed by atoms with van der Waals surface area (Å²) in [5.41, 5.74) is 3.06. The summed E-state index contributed by atoms with van der Waals surface area (Å²) >= 11 is 0. The molecule has 2 atom stereocenters. The van der Waals surface area contributed by atoms with E-state index in [1.807, 2.05) is 62.5 Å². The summed E-state index contributed by atoms with van der Waals surface area (Å²) in [6, 6.07) is 16.1. The van der Waals surface area contributed by atoms with Crippen LogP contribution in [0.3, 0.4) is 0 Å². The lowest BCUT2D eigenvalue weighted by Gasteiger charge is -2.21. The molecule has 2 aromatic carbocycles. The average Bonchev–Trinajstić information content (AvgIpc) is 3.04. The van der Waals surface area contributed by atoms with Gasteiger partial charge < -0.3 is 14.8 Å². The van der Waals surface area contributed by atoms with E-state index in [0.29, 0.717) is 13.0 Å². The predicted molar refractivity (Wildman–Crippen MR) is 117 cm³/mol. The smallest absolute Gasteiger partial charge is 0.321 e. The number of nitrogens with zero attached hydrogens (tertiary/aromatic N) is 1. The van der Waals surface area contributed by atoms with Crippen molar-refractivity contribution >= 4 is 22.8 Å². The van der Waals surface area contributed by atoms with Crippen LogP contribution in [-0.2, 0) is 22.6 Å². The highest BCUT2D eigenvalue weighted by atomic mass is 16.4. The Morgan fingerprint density at radius 1 is 0.933 bits per heavy atom. The molecular formula is C24H28N2O4. The molecule has 0 unspecified atom stereocenters. The van der Waals surface area contributed by atoms with Crippen LogP contribution in [0.5, 0.6) is 0 Å². The summed E-state index contributed by atoms with van der Waals surface area (Å²) in [5.74, 6) is -1.94. The zero-order chi connectivity index (χ0) is 21.7. The number of benzene rings is 2. The van der Waals surface area contributed by atoms with Crippen LogP contribution in [0.25, 0.3) is 10.9 Å². The van der Waals surface area contributed by atoms with Crippen LogP contribution < -0.4 is 5.32 Å². The van der Waals surface area contributed by atoms with Gasteiger partial charge in [-0.3, -0.25) is 14.9 Å². The second-order valence-corrected chi connectivity index (χ2v) is 8.07. The Hall–Kier alpha value is -3.12. The fourth-order valence-electron chi connectivity index (χ4n) is 3.79. The minimum Gasteiger partial charge on any atom is -0.480 e. The van der Waals surface area contributed by atoms with Crippen LogP contribution in [-0.4, -0.2) is 38.8 Å². The van der Waals surface area contributed by atoms with Gasteiger partial charge in [0.15, 0.2) is 0 Å². The second-order valence-electron chi connectivity index (χ2n) is 8.07. The Balaban J connectivity index is 1.89. The van der Waals surface area contributed by atoms with Crippen molar-refractivity contribution in [3.8, 4) is 0 Å². The standard InChI is InChI=1S/C24H28N2O4/c1-16(2)12-20(23(27)28)25-21(24(29)30)13-18-15-26(14-17-8-4-3-5-9-17)22-11-7-6-10-19(18)22/h3-11,15-16,20-21,25H,12-14H2,1-2H3,(H,27,28)(H,29,30)/t20-,21+/m1/s1. The van der Waals surface area contributed by atoms with E-state index in [0.717, 1.165) is 22.0 Å². The van der Waals surface area contributed by atoms with Crippen molar-refractivity contribution in [3.63, 3.8) is 0 Å². The Labute approximate surface area is 176 Å². The third-order valence-electron chi connectivity index (χ3n) is 5.20. The summed E-state index contributed by atoms with van der Waals surface area (Å²) in [6.07, 6.45) is 2.56. The molecule has 0 fully saturated rings. The number of carbonyl (C=O) groups is 2. The van der Waals surface area contributed by atoms with Crippen LogP contribution in [0.1, 0.15) is 31.4 Å². The monoisotopic (exact) mass is 408 g/mol. The van der Waals surface area contributed by atoms with Gasteiger partial charge in [-0.15, -0.1) is 0 Å². The number of carboxylic acid groups (broad SMARTS) is 2. The van der Waals surface area contributed by atoms with Gasteiger partial charge in [0.25, 0.3) is 0 Å². The van der Waals surface area contributed by atoms with Crippen molar-refractivity contribution in [3.05, 3.63) is 71.9 Å². The number of hydrogen-bond donors (Lipinski definition) is 3. The molecule has 6 nitrogen and oxygen atoms in total. The molecule has 0 bridgehead atoms. The van der Waals surface area contributed by atoms with E-state index in [-0.39, 0.29) is 12.3 Å². The molecule has 0 aliphatic heterocycles. The summed E-state index contributed by atoms with van der Waals surface area (Å²) in [5, 5.41) is 23.1. The maximum absolute atomic E-state index is 11.9. The van der Waals surface area contributed by atoms with E-state index < -0.39 is 24.0 Å². The van der Waals surface area contributed by atoms with Crippen LogP contribution in [0.4, 0.5) is 0 Å². The number of hydrogen-bond acceptors (Lipinski definition) is 3. The lowest BCUT2D eigenvalue weighted by molar-refractivity contribution is -0.142. The molecule has 158 valence electrons. The first-order chi connectivity index (χ1) is 14.3. The van der Waals surface area contributed by atoms with Gasteiger partial charge >= 0.3 is 11.9 Å². The molecule has 3 aromatic rings. The van der Waals surface area contributed by atoms with Crippen molar-refractivity contribution < 1.29 is 19.8 Å². The lowest BCUT2D eigenvalue weighted by Crippen LogP contribution is -2.48. The Morgan fingerprint density at radius 3 is 2.20 bits per heavy atom. The van der Waals surface area contributed by atoms with Gasteiger partial charge in [-0.25, -0.2) is 0 Å². The van der Waals surface area contributed by atoms with Gasteiger partial charge in [0.05, 0.1) is 0 Å². The average molecular weight is 408 g/mol.